The van der Waals surface area contributed by atoms with Crippen molar-refractivity contribution in [3.8, 4) is 0 Å². The molecule has 0 aliphatic heterocycles. The van der Waals surface area contributed by atoms with Crippen LogP contribution in [0.25, 0.3) is 11.0 Å². The third-order valence-electron chi connectivity index (χ3n) is 5.26. The summed E-state index contributed by atoms with van der Waals surface area (Å²) in [5, 5.41) is 13.6. The fraction of sp³-hybridized carbons (Fsp3) is 0.500. The highest BCUT2D eigenvalue weighted by molar-refractivity contribution is 5.85. The number of nitrogens with one attached hydrogen (secondary N) is 1. The van der Waals surface area contributed by atoms with Crippen LogP contribution in [0.4, 0.5) is 0 Å². The minimum absolute atomic E-state index is 0.0346. The number of hydrogen-bond acceptors (Lipinski definition) is 3. The normalized spacial score (nSPS) is 18.4. The monoisotopic (exact) mass is 343 g/mol. The lowest BCUT2D eigenvalue weighted by atomic mass is 9.77. The number of para-hydroxylation sites is 1. The second-order valence-electron chi connectivity index (χ2n) is 7.15. The largest absolute Gasteiger partial charge is 0.481 e. The first kappa shape index (κ1) is 17.5. The summed E-state index contributed by atoms with van der Waals surface area (Å²) in [6, 6.07) is 9.31. The van der Waals surface area contributed by atoms with Gasteiger partial charge in [-0.05, 0) is 31.9 Å². The van der Waals surface area contributed by atoms with Crippen molar-refractivity contribution in [2.24, 2.45) is 5.41 Å². The predicted molar refractivity (Wildman–Crippen MR) is 95.2 cm³/mol. The SMILES string of the molecule is C[C@@H](NC(=O)CC1(C(=O)O)CCCCCC1)c1cc2ccccc2o1. The first-order valence-corrected chi connectivity index (χ1v) is 9.01. The number of carboxylic acids is 1. The smallest absolute Gasteiger partial charge is 0.310 e. The molecular formula is C20H25NO4. The number of amides is 1. The van der Waals surface area contributed by atoms with Gasteiger partial charge in [-0.15, -0.1) is 0 Å². The van der Waals surface area contributed by atoms with E-state index in [0.29, 0.717) is 18.6 Å². The highest BCUT2D eigenvalue weighted by Crippen LogP contribution is 2.38. The van der Waals surface area contributed by atoms with E-state index in [1.54, 1.807) is 0 Å². The molecule has 0 saturated heterocycles. The summed E-state index contributed by atoms with van der Waals surface area (Å²) in [5.74, 6) is -0.391. The standard InChI is InChI=1S/C20H25NO4/c1-14(17-12-15-8-4-5-9-16(15)25-17)21-18(22)13-20(19(23)24)10-6-2-3-7-11-20/h4-5,8-9,12,14H,2-3,6-7,10-11,13H2,1H3,(H,21,22)(H,23,24)/t14-/m1/s1. The number of benzene rings is 1. The summed E-state index contributed by atoms with van der Waals surface area (Å²) >= 11 is 0. The predicted octanol–water partition coefficient (Wildman–Crippen LogP) is 4.43. The molecule has 1 amide bonds. The van der Waals surface area contributed by atoms with Gasteiger partial charge in [-0.3, -0.25) is 9.59 Å². The highest BCUT2D eigenvalue weighted by atomic mass is 16.4. The van der Waals surface area contributed by atoms with Gasteiger partial charge in [0.25, 0.3) is 0 Å². The molecule has 134 valence electrons. The number of aliphatic carboxylic acids is 1. The van der Waals surface area contributed by atoms with E-state index >= 15 is 0 Å². The Balaban J connectivity index is 1.68. The van der Waals surface area contributed by atoms with Crippen molar-refractivity contribution < 1.29 is 19.1 Å². The molecule has 1 heterocycles. The van der Waals surface area contributed by atoms with E-state index in [1.165, 1.54) is 0 Å². The Morgan fingerprint density at radius 3 is 2.52 bits per heavy atom. The molecule has 0 spiro atoms. The molecule has 0 bridgehead atoms. The van der Waals surface area contributed by atoms with E-state index in [9.17, 15) is 14.7 Å². The Bertz CT molecular complexity index is 723. The Labute approximate surface area is 147 Å². The zero-order valence-electron chi connectivity index (χ0n) is 14.6. The Hall–Kier alpha value is -2.30. The minimum atomic E-state index is -0.922. The van der Waals surface area contributed by atoms with E-state index in [0.717, 1.165) is 36.7 Å². The van der Waals surface area contributed by atoms with Crippen LogP contribution in [-0.4, -0.2) is 17.0 Å². The van der Waals surface area contributed by atoms with E-state index < -0.39 is 11.4 Å². The van der Waals surface area contributed by atoms with Crippen molar-refractivity contribution in [3.63, 3.8) is 0 Å². The van der Waals surface area contributed by atoms with Gasteiger partial charge in [0, 0.05) is 11.8 Å². The van der Waals surface area contributed by atoms with Gasteiger partial charge in [-0.25, -0.2) is 0 Å². The van der Waals surface area contributed by atoms with Crippen LogP contribution in [0.15, 0.2) is 34.7 Å². The maximum atomic E-state index is 12.5. The Kier molecular flexibility index (Phi) is 5.11. The summed E-state index contributed by atoms with van der Waals surface area (Å²) in [5.41, 5.74) is -0.141. The lowest BCUT2D eigenvalue weighted by Crippen LogP contribution is -2.38. The number of carboxylic acid groups (broad SMARTS) is 1. The molecule has 0 radical (unpaired) electrons. The second-order valence-corrected chi connectivity index (χ2v) is 7.15. The average molecular weight is 343 g/mol. The van der Waals surface area contributed by atoms with Gasteiger partial charge in [0.2, 0.25) is 5.91 Å². The van der Waals surface area contributed by atoms with Crippen molar-refractivity contribution in [1.82, 2.24) is 5.32 Å². The van der Waals surface area contributed by atoms with Gasteiger partial charge in [-0.1, -0.05) is 43.9 Å². The van der Waals surface area contributed by atoms with Crippen LogP contribution in [0.2, 0.25) is 0 Å². The first-order chi connectivity index (χ1) is 12.0. The third-order valence-corrected chi connectivity index (χ3v) is 5.26. The number of rotatable bonds is 5. The van der Waals surface area contributed by atoms with Crippen LogP contribution < -0.4 is 5.32 Å². The number of carbonyl (C=O) groups excluding carboxylic acids is 1. The van der Waals surface area contributed by atoms with Crippen LogP contribution in [-0.2, 0) is 9.59 Å². The second kappa shape index (κ2) is 7.30. The summed E-state index contributed by atoms with van der Waals surface area (Å²) in [6.45, 7) is 1.86. The lowest BCUT2D eigenvalue weighted by molar-refractivity contribution is -0.153. The molecule has 1 saturated carbocycles. The van der Waals surface area contributed by atoms with E-state index in [2.05, 4.69) is 5.32 Å². The quantitative estimate of drug-likeness (QED) is 0.787. The zero-order valence-corrected chi connectivity index (χ0v) is 14.6. The van der Waals surface area contributed by atoms with Gasteiger partial charge < -0.3 is 14.8 Å². The molecule has 3 rings (SSSR count). The maximum absolute atomic E-state index is 12.5. The van der Waals surface area contributed by atoms with Crippen molar-refractivity contribution in [2.75, 3.05) is 0 Å². The molecule has 1 aliphatic rings. The van der Waals surface area contributed by atoms with E-state index in [1.807, 2.05) is 37.3 Å². The number of carbonyl (C=O) groups is 2. The molecule has 2 aromatic rings. The van der Waals surface area contributed by atoms with Gasteiger partial charge >= 0.3 is 5.97 Å². The third kappa shape index (κ3) is 3.86. The molecule has 25 heavy (non-hydrogen) atoms. The number of furan rings is 1. The summed E-state index contributed by atoms with van der Waals surface area (Å²) < 4.78 is 5.78. The van der Waals surface area contributed by atoms with Gasteiger partial charge in [0.05, 0.1) is 11.5 Å². The van der Waals surface area contributed by atoms with E-state index in [4.69, 9.17) is 4.42 Å². The molecule has 0 unspecified atom stereocenters. The average Bonchev–Trinajstić information content (AvgIpc) is 2.87. The first-order valence-electron chi connectivity index (χ1n) is 9.01. The van der Waals surface area contributed by atoms with Crippen LogP contribution in [0.1, 0.15) is 63.7 Å². The number of hydrogen-bond donors (Lipinski definition) is 2. The molecule has 1 aromatic carbocycles. The maximum Gasteiger partial charge on any atom is 0.310 e. The van der Waals surface area contributed by atoms with Crippen molar-refractivity contribution in [3.05, 3.63) is 36.1 Å². The molecule has 2 N–H and O–H groups in total. The van der Waals surface area contributed by atoms with Crippen LogP contribution in [0, 0.1) is 5.41 Å². The summed E-state index contributed by atoms with van der Waals surface area (Å²) in [7, 11) is 0. The summed E-state index contributed by atoms with van der Waals surface area (Å²) in [6.07, 6.45) is 5.03. The Morgan fingerprint density at radius 1 is 1.20 bits per heavy atom. The van der Waals surface area contributed by atoms with Gasteiger partial charge in [0.15, 0.2) is 0 Å². The van der Waals surface area contributed by atoms with Crippen molar-refractivity contribution in [2.45, 2.75) is 57.9 Å². The molecule has 1 fully saturated rings. The molecule has 1 aromatic heterocycles. The topological polar surface area (TPSA) is 79.5 Å². The zero-order chi connectivity index (χ0) is 17.9. The summed E-state index contributed by atoms with van der Waals surface area (Å²) in [4.78, 5) is 24.4. The molecule has 5 nitrogen and oxygen atoms in total. The fourth-order valence-electron chi connectivity index (χ4n) is 3.76. The van der Waals surface area contributed by atoms with Crippen LogP contribution >= 0.6 is 0 Å². The van der Waals surface area contributed by atoms with Crippen molar-refractivity contribution >= 4 is 22.8 Å². The van der Waals surface area contributed by atoms with Crippen LogP contribution in [0.5, 0.6) is 0 Å². The minimum Gasteiger partial charge on any atom is -0.481 e. The molecule has 1 atom stereocenters. The lowest BCUT2D eigenvalue weighted by Gasteiger charge is -2.27. The van der Waals surface area contributed by atoms with Crippen molar-refractivity contribution in [1.29, 1.82) is 0 Å². The van der Waals surface area contributed by atoms with Gasteiger partial charge in [0.1, 0.15) is 11.3 Å². The highest BCUT2D eigenvalue weighted by Gasteiger charge is 2.40. The fourth-order valence-corrected chi connectivity index (χ4v) is 3.76. The van der Waals surface area contributed by atoms with Crippen LogP contribution in [0.3, 0.4) is 0 Å². The molecular weight excluding hydrogens is 318 g/mol. The molecule has 5 heteroatoms. The number of fused-ring (bicyclic) bond motifs is 1. The van der Waals surface area contributed by atoms with Gasteiger partial charge in [-0.2, -0.15) is 0 Å². The van der Waals surface area contributed by atoms with E-state index in [-0.39, 0.29) is 18.4 Å². The Morgan fingerprint density at radius 2 is 1.88 bits per heavy atom. The molecule has 1 aliphatic carbocycles.